The highest BCUT2D eigenvalue weighted by atomic mass is 16.5. The van der Waals surface area contributed by atoms with Crippen molar-refractivity contribution in [3.63, 3.8) is 0 Å². The molecule has 0 atom stereocenters. The number of benzene rings is 1. The maximum Gasteiger partial charge on any atom is 0.118 e. The highest BCUT2D eigenvalue weighted by Gasteiger charge is 1.96. The van der Waals surface area contributed by atoms with Gasteiger partial charge in [-0.1, -0.05) is 0 Å². The molecular formula is C11H20N2O+2. The zero-order chi connectivity index (χ0) is 10.2. The van der Waals surface area contributed by atoms with Crippen LogP contribution in [-0.4, -0.2) is 20.2 Å². The molecule has 14 heavy (non-hydrogen) atoms. The predicted molar refractivity (Wildman–Crippen MR) is 55.9 cm³/mol. The number of hydrogen-bond acceptors (Lipinski definition) is 1. The maximum absolute atomic E-state index is 5.09. The summed E-state index contributed by atoms with van der Waals surface area (Å²) in [5.74, 6) is 0.923. The molecule has 0 saturated heterocycles. The minimum Gasteiger partial charge on any atom is -0.497 e. The largest absolute Gasteiger partial charge is 0.497 e. The van der Waals surface area contributed by atoms with Crippen LogP contribution in [0.15, 0.2) is 24.3 Å². The first kappa shape index (κ1) is 11.0. The predicted octanol–water partition coefficient (Wildman–Crippen LogP) is -0.609. The number of hydrogen-bond donors (Lipinski definition) is 2. The van der Waals surface area contributed by atoms with E-state index in [9.17, 15) is 0 Å². The van der Waals surface area contributed by atoms with E-state index in [0.717, 1.165) is 25.4 Å². The summed E-state index contributed by atoms with van der Waals surface area (Å²) in [5.41, 5.74) is 5.16. The number of quaternary nitrogens is 2. The Morgan fingerprint density at radius 3 is 2.57 bits per heavy atom. The number of nitrogens with two attached hydrogens (primary N) is 1. The van der Waals surface area contributed by atoms with Crippen LogP contribution in [-0.2, 0) is 6.54 Å². The normalized spacial score (nSPS) is 10.1. The Balaban J connectivity index is 2.29. The zero-order valence-electron chi connectivity index (χ0n) is 8.83. The molecule has 0 unspecified atom stereocenters. The van der Waals surface area contributed by atoms with Crippen LogP contribution in [0.3, 0.4) is 0 Å². The van der Waals surface area contributed by atoms with Gasteiger partial charge in [0.1, 0.15) is 12.3 Å². The summed E-state index contributed by atoms with van der Waals surface area (Å²) in [6.07, 6.45) is 1.19. The van der Waals surface area contributed by atoms with E-state index < -0.39 is 0 Å². The smallest absolute Gasteiger partial charge is 0.118 e. The number of methoxy groups -OCH3 is 1. The van der Waals surface area contributed by atoms with Crippen molar-refractivity contribution in [2.45, 2.75) is 13.0 Å². The molecule has 0 aliphatic heterocycles. The van der Waals surface area contributed by atoms with Crippen molar-refractivity contribution in [3.8, 4) is 5.75 Å². The van der Waals surface area contributed by atoms with E-state index in [2.05, 4.69) is 23.2 Å². The lowest BCUT2D eigenvalue weighted by molar-refractivity contribution is -0.672. The SMILES string of the molecule is COc1ccc(C[NH2+]CCC[NH3+])cc1. The van der Waals surface area contributed by atoms with Gasteiger partial charge in [0.05, 0.1) is 20.2 Å². The fraction of sp³-hybridized carbons (Fsp3) is 0.455. The Labute approximate surface area is 85.3 Å². The molecule has 0 aromatic heterocycles. The zero-order valence-corrected chi connectivity index (χ0v) is 8.83. The molecule has 0 amide bonds. The summed E-state index contributed by atoms with van der Waals surface area (Å²) in [5, 5.41) is 2.31. The van der Waals surface area contributed by atoms with Crippen LogP contribution in [0, 0.1) is 0 Å². The van der Waals surface area contributed by atoms with Gasteiger partial charge in [-0.15, -0.1) is 0 Å². The lowest BCUT2D eigenvalue weighted by atomic mass is 10.2. The second-order valence-electron chi connectivity index (χ2n) is 3.34. The van der Waals surface area contributed by atoms with Crippen LogP contribution < -0.4 is 15.8 Å². The summed E-state index contributed by atoms with van der Waals surface area (Å²) in [6.45, 7) is 3.23. The summed E-state index contributed by atoms with van der Waals surface area (Å²) in [4.78, 5) is 0. The number of ether oxygens (including phenoxy) is 1. The molecule has 78 valence electrons. The van der Waals surface area contributed by atoms with Crippen molar-refractivity contribution in [1.82, 2.24) is 0 Å². The second-order valence-corrected chi connectivity index (χ2v) is 3.34. The van der Waals surface area contributed by atoms with Gasteiger partial charge in [-0.25, -0.2) is 0 Å². The lowest BCUT2D eigenvalue weighted by Crippen LogP contribution is -2.83. The third-order valence-corrected chi connectivity index (χ3v) is 2.20. The van der Waals surface area contributed by atoms with Crippen molar-refractivity contribution in [2.75, 3.05) is 20.2 Å². The Bertz CT molecular complexity index is 246. The fourth-order valence-electron chi connectivity index (χ4n) is 1.32. The summed E-state index contributed by atoms with van der Waals surface area (Å²) in [6, 6.07) is 8.23. The summed E-state index contributed by atoms with van der Waals surface area (Å²) < 4.78 is 5.09. The first-order valence-corrected chi connectivity index (χ1v) is 5.10. The first-order valence-electron chi connectivity index (χ1n) is 5.10. The Morgan fingerprint density at radius 1 is 1.29 bits per heavy atom. The number of rotatable bonds is 6. The molecule has 0 fully saturated rings. The van der Waals surface area contributed by atoms with Crippen LogP contribution in [0.2, 0.25) is 0 Å². The molecule has 1 aromatic rings. The van der Waals surface area contributed by atoms with Gasteiger partial charge in [0.25, 0.3) is 0 Å². The molecule has 0 bridgehead atoms. The average Bonchev–Trinajstić information content (AvgIpc) is 2.25. The van der Waals surface area contributed by atoms with Crippen LogP contribution >= 0.6 is 0 Å². The van der Waals surface area contributed by atoms with Crippen LogP contribution in [0.5, 0.6) is 5.75 Å². The molecular weight excluding hydrogens is 176 g/mol. The van der Waals surface area contributed by atoms with Crippen LogP contribution in [0.1, 0.15) is 12.0 Å². The lowest BCUT2D eigenvalue weighted by Gasteiger charge is -2.02. The standard InChI is InChI=1S/C11H18N2O/c1-14-11-5-3-10(4-6-11)9-13-8-2-7-12/h3-6,13H,2,7-9,12H2,1H3/p+2. The quantitative estimate of drug-likeness (QED) is 0.586. The Morgan fingerprint density at radius 2 is 2.00 bits per heavy atom. The molecule has 0 saturated carbocycles. The average molecular weight is 196 g/mol. The van der Waals surface area contributed by atoms with Crippen LogP contribution in [0.25, 0.3) is 0 Å². The maximum atomic E-state index is 5.09. The van der Waals surface area contributed by atoms with E-state index in [4.69, 9.17) is 4.74 Å². The second kappa shape index (κ2) is 6.40. The monoisotopic (exact) mass is 196 g/mol. The molecule has 3 nitrogen and oxygen atoms in total. The van der Waals surface area contributed by atoms with E-state index in [1.165, 1.54) is 12.0 Å². The van der Waals surface area contributed by atoms with Gasteiger partial charge in [0.15, 0.2) is 0 Å². The Kier molecular flexibility index (Phi) is 5.04. The molecule has 1 rings (SSSR count). The van der Waals surface area contributed by atoms with Gasteiger partial charge in [-0.2, -0.15) is 0 Å². The molecule has 0 aliphatic rings. The molecule has 5 N–H and O–H groups in total. The van der Waals surface area contributed by atoms with E-state index in [1.54, 1.807) is 7.11 Å². The topological polar surface area (TPSA) is 53.5 Å². The highest BCUT2D eigenvalue weighted by Crippen LogP contribution is 2.09. The van der Waals surface area contributed by atoms with Crippen molar-refractivity contribution < 1.29 is 15.8 Å². The minimum atomic E-state index is 0.923. The van der Waals surface area contributed by atoms with Gasteiger partial charge in [0, 0.05) is 12.0 Å². The summed E-state index contributed by atoms with van der Waals surface area (Å²) in [7, 11) is 1.69. The third-order valence-electron chi connectivity index (χ3n) is 2.20. The van der Waals surface area contributed by atoms with E-state index in [1.807, 2.05) is 12.1 Å². The molecule has 0 spiro atoms. The van der Waals surface area contributed by atoms with E-state index in [0.29, 0.717) is 0 Å². The van der Waals surface area contributed by atoms with Crippen molar-refractivity contribution in [3.05, 3.63) is 29.8 Å². The van der Waals surface area contributed by atoms with Gasteiger partial charge < -0.3 is 15.8 Å². The van der Waals surface area contributed by atoms with Crippen molar-refractivity contribution in [1.29, 1.82) is 0 Å². The van der Waals surface area contributed by atoms with Crippen molar-refractivity contribution >= 4 is 0 Å². The highest BCUT2D eigenvalue weighted by molar-refractivity contribution is 5.26. The van der Waals surface area contributed by atoms with Gasteiger partial charge >= 0.3 is 0 Å². The van der Waals surface area contributed by atoms with E-state index >= 15 is 0 Å². The molecule has 0 radical (unpaired) electrons. The van der Waals surface area contributed by atoms with Crippen LogP contribution in [0.4, 0.5) is 0 Å². The minimum absolute atomic E-state index is 0.923. The van der Waals surface area contributed by atoms with E-state index in [-0.39, 0.29) is 0 Å². The Hall–Kier alpha value is -1.06. The molecule has 0 aliphatic carbocycles. The molecule has 1 aromatic carbocycles. The molecule has 3 heteroatoms. The summed E-state index contributed by atoms with van der Waals surface area (Å²) >= 11 is 0. The third kappa shape index (κ3) is 3.77. The van der Waals surface area contributed by atoms with Crippen molar-refractivity contribution in [2.24, 2.45) is 0 Å². The van der Waals surface area contributed by atoms with Gasteiger partial charge in [-0.3, -0.25) is 0 Å². The molecule has 0 heterocycles. The van der Waals surface area contributed by atoms with Gasteiger partial charge in [0.2, 0.25) is 0 Å². The first-order chi connectivity index (χ1) is 6.86. The van der Waals surface area contributed by atoms with Gasteiger partial charge in [-0.05, 0) is 24.3 Å². The fourth-order valence-corrected chi connectivity index (χ4v) is 1.32.